The monoisotopic (exact) mass is 947 g/mol. The lowest BCUT2D eigenvalue weighted by Crippen LogP contribution is -2.27. The molecular weight excluding hydrogens is 883 g/mol. The van der Waals surface area contributed by atoms with Gasteiger partial charge in [-0.25, -0.2) is 18.7 Å². The summed E-state index contributed by atoms with van der Waals surface area (Å²) in [5, 5.41) is 32.7. The molecule has 4 heterocycles. The van der Waals surface area contributed by atoms with E-state index in [9.17, 15) is 23.5 Å². The van der Waals surface area contributed by atoms with Crippen LogP contribution in [0.2, 0.25) is 0 Å². The highest BCUT2D eigenvalue weighted by molar-refractivity contribution is 5.97. The maximum Gasteiger partial charge on any atom is 0.255 e. The molecule has 0 unspecified atom stereocenters. The van der Waals surface area contributed by atoms with Crippen molar-refractivity contribution in [1.29, 1.82) is 0 Å². The Kier molecular flexibility index (Phi) is 19.8. The van der Waals surface area contributed by atoms with Crippen LogP contribution in [-0.2, 0) is 45.2 Å². The number of aromatic nitrogens is 10. The van der Waals surface area contributed by atoms with Gasteiger partial charge in [-0.3, -0.25) is 19.0 Å². The Morgan fingerprint density at radius 2 is 1.14 bits per heavy atom. The van der Waals surface area contributed by atoms with Crippen LogP contribution in [0.1, 0.15) is 120 Å². The number of amides is 2. The molecule has 3 aromatic carbocycles. The van der Waals surface area contributed by atoms with Crippen molar-refractivity contribution in [3.8, 4) is 16.9 Å². The van der Waals surface area contributed by atoms with Crippen LogP contribution in [-0.4, -0.2) is 79.9 Å². The lowest BCUT2D eigenvalue weighted by Gasteiger charge is -2.09. The van der Waals surface area contributed by atoms with Gasteiger partial charge in [0.1, 0.15) is 5.75 Å². The van der Waals surface area contributed by atoms with Crippen LogP contribution in [0.25, 0.3) is 11.1 Å². The van der Waals surface area contributed by atoms with Crippen molar-refractivity contribution in [3.05, 3.63) is 137 Å². The average Bonchev–Trinajstić information content (AvgIpc) is 4.18. The van der Waals surface area contributed by atoms with Crippen LogP contribution < -0.4 is 22.1 Å². The molecule has 0 aliphatic carbocycles. The molecule has 0 aliphatic heterocycles. The number of halogens is 2. The molecule has 0 bridgehead atoms. The molecule has 69 heavy (non-hydrogen) atoms. The third-order valence-corrected chi connectivity index (χ3v) is 11.5. The summed E-state index contributed by atoms with van der Waals surface area (Å²) in [7, 11) is 0. The number of phenols is 1. The van der Waals surface area contributed by atoms with Crippen molar-refractivity contribution in [2.24, 2.45) is 0 Å². The summed E-state index contributed by atoms with van der Waals surface area (Å²) in [6.45, 7) is 4.07. The van der Waals surface area contributed by atoms with Gasteiger partial charge >= 0.3 is 0 Å². The molecule has 2 amide bonds. The number of nitrogen functional groups attached to an aromatic ring is 2. The van der Waals surface area contributed by atoms with Gasteiger partial charge in [0.15, 0.2) is 23.5 Å². The Hall–Kier alpha value is -7.44. The van der Waals surface area contributed by atoms with Crippen LogP contribution in [0.15, 0.2) is 85.5 Å². The van der Waals surface area contributed by atoms with Gasteiger partial charge < -0.3 is 37.2 Å². The van der Waals surface area contributed by atoms with E-state index in [0.717, 1.165) is 106 Å². The molecule has 366 valence electrons. The number of rotatable bonds is 26. The first kappa shape index (κ1) is 51.0. The minimum atomic E-state index is -0.985. The zero-order valence-corrected chi connectivity index (χ0v) is 39.3. The zero-order chi connectivity index (χ0) is 48.8. The zero-order valence-electron chi connectivity index (χ0n) is 39.3. The van der Waals surface area contributed by atoms with Crippen LogP contribution in [0.3, 0.4) is 0 Å². The molecule has 7 aromatic rings. The number of hydrogen-bond acceptors (Lipinski definition) is 11. The molecule has 0 saturated carbocycles. The summed E-state index contributed by atoms with van der Waals surface area (Å²) < 4.78 is 30.1. The minimum absolute atomic E-state index is 0.0492. The predicted octanol–water partition coefficient (Wildman–Crippen LogP) is 7.71. The van der Waals surface area contributed by atoms with E-state index in [2.05, 4.69) is 70.3 Å². The Morgan fingerprint density at radius 1 is 0.623 bits per heavy atom. The van der Waals surface area contributed by atoms with E-state index in [0.29, 0.717) is 54.8 Å². The number of nitrogens with one attached hydrogen (secondary N) is 4. The quantitative estimate of drug-likeness (QED) is 0.0259. The van der Waals surface area contributed by atoms with Gasteiger partial charge in [0.25, 0.3) is 11.8 Å². The van der Waals surface area contributed by atoms with Crippen molar-refractivity contribution in [1.82, 2.24) is 60.6 Å². The number of nitrogens with zero attached hydrogens (tertiary/aromatic N) is 8. The van der Waals surface area contributed by atoms with Gasteiger partial charge in [-0.15, -0.1) is 10.2 Å². The second-order valence-electron chi connectivity index (χ2n) is 17.0. The summed E-state index contributed by atoms with van der Waals surface area (Å²) >= 11 is 0. The number of imidazole rings is 2. The molecular formula is C50H64F2N14O3. The van der Waals surface area contributed by atoms with Crippen LogP contribution >= 0.6 is 0 Å². The summed E-state index contributed by atoms with van der Waals surface area (Å²) in [6.07, 6.45) is 23.4. The Balaban J connectivity index is 0.000000228. The van der Waals surface area contributed by atoms with Crippen LogP contribution in [0, 0.1) is 11.6 Å². The number of hydrogen-bond donors (Lipinski definition) is 7. The molecule has 0 spiro atoms. The highest BCUT2D eigenvalue weighted by atomic mass is 19.2. The van der Waals surface area contributed by atoms with E-state index >= 15 is 0 Å². The number of unbranched alkanes of at least 4 members (excludes halogenated alkanes) is 7. The lowest BCUT2D eigenvalue weighted by molar-refractivity contribution is 0.0942. The van der Waals surface area contributed by atoms with Crippen molar-refractivity contribution in [2.45, 2.75) is 116 Å². The fourth-order valence-electron chi connectivity index (χ4n) is 7.65. The first-order valence-corrected chi connectivity index (χ1v) is 23.8. The summed E-state index contributed by atoms with van der Waals surface area (Å²) in [5.41, 5.74) is 18.1. The second-order valence-corrected chi connectivity index (χ2v) is 17.0. The third-order valence-electron chi connectivity index (χ3n) is 11.5. The molecule has 19 heteroatoms. The molecule has 0 atom stereocenters. The summed E-state index contributed by atoms with van der Waals surface area (Å²) in [6, 6.07) is 15.8. The van der Waals surface area contributed by atoms with Crippen molar-refractivity contribution in [2.75, 3.05) is 24.6 Å². The fourth-order valence-corrected chi connectivity index (χ4v) is 7.65. The summed E-state index contributed by atoms with van der Waals surface area (Å²) in [5.74, 6) is -1.78. The van der Waals surface area contributed by atoms with Gasteiger partial charge in [0.05, 0.1) is 42.4 Å². The molecule has 4 aromatic heterocycles. The maximum absolute atomic E-state index is 13.5. The van der Waals surface area contributed by atoms with Crippen molar-refractivity contribution in [3.63, 3.8) is 0 Å². The predicted molar refractivity (Wildman–Crippen MR) is 261 cm³/mol. The van der Waals surface area contributed by atoms with Crippen LogP contribution in [0.5, 0.6) is 5.75 Å². The lowest BCUT2D eigenvalue weighted by atomic mass is 10.0. The number of aromatic hydroxyl groups is 1. The maximum atomic E-state index is 13.5. The van der Waals surface area contributed by atoms with E-state index in [4.69, 9.17) is 11.5 Å². The molecule has 0 radical (unpaired) electrons. The number of benzene rings is 3. The number of aromatic amines is 2. The molecule has 9 N–H and O–H groups in total. The first-order valence-electron chi connectivity index (χ1n) is 23.8. The van der Waals surface area contributed by atoms with Crippen LogP contribution in [0.4, 0.5) is 20.7 Å². The normalized spacial score (nSPS) is 11.1. The van der Waals surface area contributed by atoms with Crippen molar-refractivity contribution < 1.29 is 23.5 Å². The molecule has 0 fully saturated rings. The van der Waals surface area contributed by atoms with Crippen molar-refractivity contribution >= 4 is 23.7 Å². The second kappa shape index (κ2) is 26.8. The molecule has 0 saturated heterocycles. The molecule has 7 rings (SSSR count). The molecule has 0 aliphatic rings. The fraction of sp³-hybridized carbons (Fsp3) is 0.400. The Morgan fingerprint density at radius 3 is 1.68 bits per heavy atom. The number of nitrogens with two attached hydrogens (primary N) is 2. The van der Waals surface area contributed by atoms with E-state index in [1.165, 1.54) is 49.4 Å². The summed E-state index contributed by atoms with van der Waals surface area (Å²) in [4.78, 5) is 38.9. The number of carbonyl (C=O) groups is 2. The number of carbonyl (C=O) groups excluding carboxylic acids is 2. The standard InChI is InChI=1S/C25H27F2N7O2.C25H37N7O/c26-21-9-7-16(12-22(21)27)17-6-8-20(23(35)13-17)24(36)29-10-11-34-15-19(32-33-34)5-3-1-2-4-18-14-30-25(28)31-18;1-2-3-4-6-9-20-12-14-21(15-13-20)24(33)27-16-17-32-19-23(30-31-32)11-8-5-7-10-22-18-28-25(26)29-22/h6-9,12-15,35H,1-5,10-11H2,(H,29,36)(H3,28,30,31);12-15,18-19H,2-11,16-17H2,1H3,(H,27,33)(H3,26,28,29). The SMILES string of the molecule is CCCCCCc1ccc(C(=O)NCCn2cc(CCCCCc3cnc(N)[nH]3)nn2)cc1.Nc1ncc(CCCCCc2cn(CCNC(=O)c3ccc(-c4ccc(F)c(F)c4)cc3O)nn2)[nH]1. The number of aryl methyl sites for hydroxylation is 5. The highest BCUT2D eigenvalue weighted by Gasteiger charge is 2.14. The average molecular weight is 947 g/mol. The van der Waals surface area contributed by atoms with Gasteiger partial charge in [0, 0.05) is 42.4 Å². The van der Waals surface area contributed by atoms with Gasteiger partial charge in [-0.1, -0.05) is 73.7 Å². The topological polar surface area (TPSA) is 249 Å². The number of H-pyrrole nitrogens is 2. The number of phenolic OH excluding ortho intramolecular Hbond substituents is 1. The largest absolute Gasteiger partial charge is 0.507 e. The molecule has 17 nitrogen and oxygen atoms in total. The Bertz CT molecular complexity index is 2660. The van der Waals surface area contributed by atoms with E-state index in [1.807, 2.05) is 24.5 Å². The Labute approximate surface area is 400 Å². The van der Waals surface area contributed by atoms with Gasteiger partial charge in [-0.05, 0) is 117 Å². The van der Waals surface area contributed by atoms with Gasteiger partial charge in [-0.2, -0.15) is 0 Å². The first-order chi connectivity index (χ1) is 33.5. The smallest absolute Gasteiger partial charge is 0.255 e. The van der Waals surface area contributed by atoms with Gasteiger partial charge in [0.2, 0.25) is 0 Å². The third kappa shape index (κ3) is 17.0. The van der Waals surface area contributed by atoms with E-state index in [1.54, 1.807) is 27.8 Å². The van der Waals surface area contributed by atoms with E-state index < -0.39 is 17.5 Å². The highest BCUT2D eigenvalue weighted by Crippen LogP contribution is 2.28. The van der Waals surface area contributed by atoms with E-state index in [-0.39, 0.29) is 17.2 Å². The minimum Gasteiger partial charge on any atom is -0.507 e. The number of anilines is 2.